The number of hydrogen-bond donors (Lipinski definition) is 4. The first-order chi connectivity index (χ1) is 7.82. The Morgan fingerprint density at radius 2 is 2.06 bits per heavy atom. The third kappa shape index (κ3) is 3.06. The first-order valence-electron chi connectivity index (χ1n) is 5.10. The Labute approximate surface area is 97.4 Å². The third-order valence-electron chi connectivity index (χ3n) is 2.58. The molecule has 1 rings (SSSR count). The average molecular weight is 245 g/mol. The van der Waals surface area contributed by atoms with Gasteiger partial charge in [-0.2, -0.15) is 0 Å². The van der Waals surface area contributed by atoms with Crippen molar-refractivity contribution in [2.24, 2.45) is 5.73 Å². The van der Waals surface area contributed by atoms with Crippen molar-refractivity contribution in [3.05, 3.63) is 0 Å². The van der Waals surface area contributed by atoms with Crippen LogP contribution in [0, 0.1) is 0 Å². The number of urea groups is 1. The van der Waals surface area contributed by atoms with E-state index in [-0.39, 0.29) is 13.0 Å². The number of primary amides is 1. The van der Waals surface area contributed by atoms with Gasteiger partial charge in [0.2, 0.25) is 5.91 Å². The predicted octanol–water partition coefficient (Wildman–Crippen LogP) is -1.91. The van der Waals surface area contributed by atoms with Crippen LogP contribution in [0.5, 0.6) is 0 Å². The molecule has 0 spiro atoms. The minimum absolute atomic E-state index is 0.00956. The maximum atomic E-state index is 11.8. The summed E-state index contributed by atoms with van der Waals surface area (Å²) in [4.78, 5) is 34.3. The van der Waals surface area contributed by atoms with Crippen molar-refractivity contribution in [1.82, 2.24) is 10.2 Å². The molecule has 1 saturated heterocycles. The molecule has 0 aromatic rings. The second kappa shape index (κ2) is 5.00. The number of amides is 3. The minimum Gasteiger partial charge on any atom is -0.480 e. The van der Waals surface area contributed by atoms with Gasteiger partial charge in [-0.05, 0) is 6.92 Å². The molecule has 1 aliphatic heterocycles. The van der Waals surface area contributed by atoms with Gasteiger partial charge < -0.3 is 26.2 Å². The highest BCUT2D eigenvalue weighted by molar-refractivity contribution is 5.90. The fraction of sp³-hybridized carbons (Fsp3) is 0.667. The molecule has 17 heavy (non-hydrogen) atoms. The highest BCUT2D eigenvalue weighted by Crippen LogP contribution is 2.19. The molecule has 0 saturated carbocycles. The van der Waals surface area contributed by atoms with Crippen LogP contribution in [-0.4, -0.2) is 57.8 Å². The number of hydrogen-bond acceptors (Lipinski definition) is 4. The second-order valence-electron chi connectivity index (χ2n) is 3.96. The molecule has 5 N–H and O–H groups in total. The lowest BCUT2D eigenvalue weighted by molar-refractivity contribution is -0.148. The van der Waals surface area contributed by atoms with Crippen LogP contribution in [0.2, 0.25) is 0 Å². The predicted molar refractivity (Wildman–Crippen MR) is 55.9 cm³/mol. The molecule has 1 heterocycles. The number of carboxylic acids is 1. The molecule has 0 bridgehead atoms. The van der Waals surface area contributed by atoms with Crippen LogP contribution >= 0.6 is 0 Å². The molecule has 0 aliphatic carbocycles. The highest BCUT2D eigenvalue weighted by atomic mass is 16.4. The molecular formula is C9H15N3O5. The number of nitrogens with zero attached hydrogens (tertiary/aromatic N) is 1. The summed E-state index contributed by atoms with van der Waals surface area (Å²) in [6, 6.07) is -2.84. The molecule has 8 heteroatoms. The number of carboxylic acid groups (broad SMARTS) is 1. The number of nitrogens with one attached hydrogen (secondary N) is 1. The van der Waals surface area contributed by atoms with E-state index in [0.717, 1.165) is 4.90 Å². The molecule has 3 atom stereocenters. The molecule has 1 unspecified atom stereocenters. The number of β-amino-alcohol motifs (C(OH)–C–C–N with tert-alkyl or cyclic N) is 1. The number of aliphatic hydroxyl groups excluding tert-OH is 1. The highest BCUT2D eigenvalue weighted by Gasteiger charge is 2.40. The van der Waals surface area contributed by atoms with Crippen LogP contribution < -0.4 is 11.1 Å². The van der Waals surface area contributed by atoms with Gasteiger partial charge in [0.1, 0.15) is 12.1 Å². The van der Waals surface area contributed by atoms with Crippen molar-refractivity contribution in [2.45, 2.75) is 31.5 Å². The van der Waals surface area contributed by atoms with E-state index in [1.54, 1.807) is 0 Å². The largest absolute Gasteiger partial charge is 0.480 e. The van der Waals surface area contributed by atoms with Crippen LogP contribution in [0.15, 0.2) is 0 Å². The SMILES string of the molecule is CC(NC(N)=O)C(=O)N1C[C@H](O)C[C@@H]1C(=O)O. The number of carbonyl (C=O) groups is 3. The van der Waals surface area contributed by atoms with Gasteiger partial charge in [-0.3, -0.25) is 4.79 Å². The van der Waals surface area contributed by atoms with Gasteiger partial charge in [-0.15, -0.1) is 0 Å². The summed E-state index contributed by atoms with van der Waals surface area (Å²) in [6.07, 6.45) is -0.870. The molecule has 0 radical (unpaired) electrons. The van der Waals surface area contributed by atoms with Crippen LogP contribution in [-0.2, 0) is 9.59 Å². The fourth-order valence-electron chi connectivity index (χ4n) is 1.82. The first-order valence-corrected chi connectivity index (χ1v) is 5.10. The minimum atomic E-state index is -1.18. The van der Waals surface area contributed by atoms with E-state index in [9.17, 15) is 19.5 Å². The summed E-state index contributed by atoms with van der Waals surface area (Å²) >= 11 is 0. The van der Waals surface area contributed by atoms with Crippen molar-refractivity contribution >= 4 is 17.9 Å². The Hall–Kier alpha value is -1.83. The van der Waals surface area contributed by atoms with Gasteiger partial charge in [-0.1, -0.05) is 0 Å². The Bertz CT molecular complexity index is 346. The molecule has 96 valence electrons. The Balaban J connectivity index is 2.73. The van der Waals surface area contributed by atoms with Gasteiger partial charge in [0.25, 0.3) is 0 Å². The number of aliphatic carboxylic acids is 1. The van der Waals surface area contributed by atoms with Crippen LogP contribution in [0.1, 0.15) is 13.3 Å². The number of rotatable bonds is 3. The third-order valence-corrected chi connectivity index (χ3v) is 2.58. The second-order valence-corrected chi connectivity index (χ2v) is 3.96. The topological polar surface area (TPSA) is 133 Å². The van der Waals surface area contributed by atoms with E-state index in [1.165, 1.54) is 6.92 Å². The van der Waals surface area contributed by atoms with Crippen LogP contribution in [0.25, 0.3) is 0 Å². The van der Waals surface area contributed by atoms with Gasteiger partial charge in [-0.25, -0.2) is 9.59 Å². The van der Waals surface area contributed by atoms with E-state index < -0.39 is 36.1 Å². The maximum Gasteiger partial charge on any atom is 0.326 e. The monoisotopic (exact) mass is 245 g/mol. The van der Waals surface area contributed by atoms with Crippen molar-refractivity contribution in [3.63, 3.8) is 0 Å². The standard InChI is InChI=1S/C9H15N3O5/c1-4(11-9(10)17)7(14)12-3-5(13)2-6(12)8(15)16/h4-6,13H,2-3H2,1H3,(H,15,16)(H3,10,11,17)/t4?,5-,6-/m1/s1. The molecule has 0 aromatic carbocycles. The average Bonchev–Trinajstić information content (AvgIpc) is 2.58. The molecule has 3 amide bonds. The lowest BCUT2D eigenvalue weighted by Gasteiger charge is -2.24. The van der Waals surface area contributed by atoms with E-state index in [4.69, 9.17) is 10.8 Å². The summed E-state index contributed by atoms with van der Waals surface area (Å²) in [5.41, 5.74) is 4.87. The maximum absolute atomic E-state index is 11.8. The van der Waals surface area contributed by atoms with E-state index in [2.05, 4.69) is 5.32 Å². The summed E-state index contributed by atoms with van der Waals surface area (Å²) in [6.45, 7) is 1.34. The lowest BCUT2D eigenvalue weighted by Crippen LogP contribution is -2.51. The molecule has 0 aromatic heterocycles. The van der Waals surface area contributed by atoms with E-state index >= 15 is 0 Å². The molecule has 1 fully saturated rings. The zero-order valence-corrected chi connectivity index (χ0v) is 9.29. The molecule has 1 aliphatic rings. The Morgan fingerprint density at radius 1 is 1.47 bits per heavy atom. The fourth-order valence-corrected chi connectivity index (χ4v) is 1.82. The quantitative estimate of drug-likeness (QED) is 0.460. The van der Waals surface area contributed by atoms with E-state index in [1.807, 2.05) is 0 Å². The summed E-state index contributed by atoms with van der Waals surface area (Å²) < 4.78 is 0. The van der Waals surface area contributed by atoms with Gasteiger partial charge in [0.15, 0.2) is 0 Å². The zero-order valence-electron chi connectivity index (χ0n) is 9.29. The normalized spacial score (nSPS) is 25.4. The number of likely N-dealkylation sites (tertiary alicyclic amines) is 1. The van der Waals surface area contributed by atoms with Crippen LogP contribution in [0.4, 0.5) is 4.79 Å². The first kappa shape index (κ1) is 13.2. The van der Waals surface area contributed by atoms with Gasteiger partial charge in [0.05, 0.1) is 6.10 Å². The van der Waals surface area contributed by atoms with Crippen molar-refractivity contribution < 1.29 is 24.6 Å². The smallest absolute Gasteiger partial charge is 0.326 e. The number of aliphatic hydroxyl groups is 1. The van der Waals surface area contributed by atoms with Gasteiger partial charge >= 0.3 is 12.0 Å². The molecule has 8 nitrogen and oxygen atoms in total. The Morgan fingerprint density at radius 3 is 2.53 bits per heavy atom. The number of nitrogens with two attached hydrogens (primary N) is 1. The molecular weight excluding hydrogens is 230 g/mol. The van der Waals surface area contributed by atoms with Gasteiger partial charge in [0, 0.05) is 13.0 Å². The summed E-state index contributed by atoms with van der Waals surface area (Å²) in [7, 11) is 0. The Kier molecular flexibility index (Phi) is 3.89. The van der Waals surface area contributed by atoms with E-state index in [0.29, 0.717) is 0 Å². The summed E-state index contributed by atoms with van der Waals surface area (Å²) in [5, 5.41) is 20.4. The van der Waals surface area contributed by atoms with Crippen molar-refractivity contribution in [1.29, 1.82) is 0 Å². The zero-order chi connectivity index (χ0) is 13.2. The lowest BCUT2D eigenvalue weighted by atomic mass is 10.2. The van der Waals surface area contributed by atoms with Crippen molar-refractivity contribution in [3.8, 4) is 0 Å². The number of carbonyl (C=O) groups excluding carboxylic acids is 2. The van der Waals surface area contributed by atoms with Crippen LogP contribution in [0.3, 0.4) is 0 Å². The van der Waals surface area contributed by atoms with Crippen molar-refractivity contribution in [2.75, 3.05) is 6.54 Å². The summed E-state index contributed by atoms with van der Waals surface area (Å²) in [5.74, 6) is -1.76.